The highest BCUT2D eigenvalue weighted by molar-refractivity contribution is 6.06. The molecule has 0 aromatic heterocycles. The molecule has 6 nitrogen and oxygen atoms in total. The van der Waals surface area contributed by atoms with E-state index in [0.717, 1.165) is 71.2 Å². The van der Waals surface area contributed by atoms with Crippen LogP contribution in [0.5, 0.6) is 0 Å². The number of allylic oxidation sites excluding steroid dienone is 6. The predicted molar refractivity (Wildman–Crippen MR) is 600 cm³/mol. The monoisotopic (exact) mass is 1790 g/mol. The standard InChI is InChI=1S/2C19H18.4C16H13N.C10H12O2.C10H14.4C2H6/c2*1-12(2)16-10-8-15-7-6-13-4-3-5-14-9-11-17(16)19(15)18(13)14;4*1-2-9-14(10-3-1)17-16-12-6-8-13-7-4-5-11-15(13)16;1-7(2)8-3-5-9(6-4-8)10(11)12;1-8(2)10-6-4-9(3)5-7-10;4*1-2/h2*3,5-6,8-12H,4,7H2,1-2H3;4*1-12,17H;3-7H,1-2H3,(H,11,12);4-8H,1-3H3;4*1-2H3. The second-order valence-corrected chi connectivity index (χ2v) is 34.1. The van der Waals surface area contributed by atoms with Crippen LogP contribution in [0.2, 0.25) is 0 Å². The van der Waals surface area contributed by atoms with E-state index >= 15 is 0 Å². The van der Waals surface area contributed by atoms with Gasteiger partial charge in [-0.05, 0) is 251 Å². The average molecular weight is 1790 g/mol. The van der Waals surface area contributed by atoms with Crippen LogP contribution in [0.1, 0.15) is 219 Å². The van der Waals surface area contributed by atoms with E-state index in [4.69, 9.17) is 5.11 Å². The molecule has 0 spiro atoms. The number of hydrogen-bond acceptors (Lipinski definition) is 5. The number of para-hydroxylation sites is 4. The maximum absolute atomic E-state index is 10.5. The minimum Gasteiger partial charge on any atom is -0.478 e. The highest BCUT2D eigenvalue weighted by Crippen LogP contribution is 2.45. The zero-order valence-electron chi connectivity index (χ0n) is 82.9. The van der Waals surface area contributed by atoms with Crippen LogP contribution < -0.4 is 21.3 Å². The summed E-state index contributed by atoms with van der Waals surface area (Å²) >= 11 is 0. The van der Waals surface area contributed by atoms with Gasteiger partial charge in [-0.15, -0.1) is 0 Å². The van der Waals surface area contributed by atoms with Crippen LogP contribution in [0.15, 0.2) is 413 Å². The smallest absolute Gasteiger partial charge is 0.335 e. The van der Waals surface area contributed by atoms with E-state index in [-0.39, 0.29) is 0 Å². The first-order valence-corrected chi connectivity index (χ1v) is 49.0. The molecule has 0 fully saturated rings. The minimum atomic E-state index is -0.870. The summed E-state index contributed by atoms with van der Waals surface area (Å²) in [6, 6.07) is 134. The predicted octanol–water partition coefficient (Wildman–Crippen LogP) is 38.7. The molecule has 690 valence electrons. The molecule has 18 aromatic carbocycles. The van der Waals surface area contributed by atoms with Crippen molar-refractivity contribution in [2.24, 2.45) is 0 Å². The molecule has 0 saturated carbocycles. The van der Waals surface area contributed by atoms with Crippen molar-refractivity contribution in [3.63, 3.8) is 0 Å². The molecule has 4 aliphatic carbocycles. The topological polar surface area (TPSA) is 85.4 Å². The van der Waals surface area contributed by atoms with Gasteiger partial charge in [0.05, 0.1) is 5.56 Å². The van der Waals surface area contributed by atoms with E-state index in [2.05, 4.69) is 411 Å². The third kappa shape index (κ3) is 27.2. The van der Waals surface area contributed by atoms with Gasteiger partial charge in [-0.25, -0.2) is 4.79 Å². The second kappa shape index (κ2) is 52.6. The van der Waals surface area contributed by atoms with Crippen molar-refractivity contribution in [3.05, 3.63) is 479 Å². The van der Waals surface area contributed by atoms with Crippen molar-refractivity contribution >= 4 is 139 Å². The largest absolute Gasteiger partial charge is 0.478 e. The van der Waals surface area contributed by atoms with E-state index in [1.807, 2.05) is 140 Å². The SMILES string of the molecule is CC.CC.CC.CC.CC(C)c1ccc(C(=O)O)cc1.CC(C)c1ccc2c3c4c(ccc13)C=CCC4=CC2.CC(C)c1ccc2c3c4c(ccc13)C=CCC4=CC2.Cc1ccc(C(C)C)cc1.c1ccc(Nc2cccc3ccccc23)cc1.c1ccc(Nc2cccc3ccccc23)cc1.c1ccc(Nc2cccc3ccccc23)cc1.c1ccc(Nc2cccc3ccccc23)cc1. The number of carboxylic acids is 1. The van der Waals surface area contributed by atoms with Crippen LogP contribution in [0.25, 0.3) is 87.9 Å². The molecule has 18 aromatic rings. The number of rotatable bonds is 13. The van der Waals surface area contributed by atoms with Gasteiger partial charge in [-0.3, -0.25) is 0 Å². The summed E-state index contributed by atoms with van der Waals surface area (Å²) in [6.45, 7) is 35.9. The molecule has 4 aliphatic rings. The van der Waals surface area contributed by atoms with Crippen molar-refractivity contribution in [1.29, 1.82) is 0 Å². The van der Waals surface area contributed by atoms with Crippen molar-refractivity contribution in [1.82, 2.24) is 0 Å². The summed E-state index contributed by atoms with van der Waals surface area (Å²) in [7, 11) is 0. The van der Waals surface area contributed by atoms with Crippen LogP contribution >= 0.6 is 0 Å². The Bertz CT molecular complexity index is 6330. The number of anilines is 8. The molecule has 0 aliphatic heterocycles. The zero-order valence-corrected chi connectivity index (χ0v) is 82.9. The molecule has 0 amide bonds. The summed E-state index contributed by atoms with van der Waals surface area (Å²) in [5.41, 5.74) is 28.1. The molecule has 0 saturated heterocycles. The van der Waals surface area contributed by atoms with Gasteiger partial charge in [0.1, 0.15) is 0 Å². The van der Waals surface area contributed by atoms with E-state index in [1.54, 1.807) is 12.1 Å². The number of nitrogens with one attached hydrogen (secondary N) is 4. The van der Waals surface area contributed by atoms with Crippen LogP contribution in [0.3, 0.4) is 0 Å². The Balaban J connectivity index is 0.000000149. The molecule has 5 N–H and O–H groups in total. The van der Waals surface area contributed by atoms with Gasteiger partial charge >= 0.3 is 5.97 Å². The number of aryl methyl sites for hydroxylation is 1. The Kier molecular flexibility index (Phi) is 39.3. The molecule has 0 atom stereocenters. The lowest BCUT2D eigenvalue weighted by Crippen LogP contribution is -2.04. The van der Waals surface area contributed by atoms with Gasteiger partial charge < -0.3 is 26.4 Å². The maximum Gasteiger partial charge on any atom is 0.335 e. The quantitative estimate of drug-likeness (QED) is 0.0791. The Hall–Kier alpha value is -14.9. The molecular formula is C130H138N4O2. The van der Waals surface area contributed by atoms with Crippen LogP contribution in [0.4, 0.5) is 45.5 Å². The first-order chi connectivity index (χ1) is 66.5. The van der Waals surface area contributed by atoms with Gasteiger partial charge in [0.25, 0.3) is 0 Å². The number of hydrogen-bond donors (Lipinski definition) is 5. The first kappa shape index (κ1) is 102. The highest BCUT2D eigenvalue weighted by Gasteiger charge is 2.24. The van der Waals surface area contributed by atoms with E-state index < -0.39 is 5.97 Å². The molecular weight excluding hydrogens is 1650 g/mol. The van der Waals surface area contributed by atoms with E-state index in [9.17, 15) is 4.79 Å². The molecule has 0 bridgehead atoms. The van der Waals surface area contributed by atoms with Gasteiger partial charge in [0.2, 0.25) is 0 Å². The summed E-state index contributed by atoms with van der Waals surface area (Å²) in [5.74, 6) is 1.40. The van der Waals surface area contributed by atoms with Gasteiger partial charge in [-0.1, -0.05) is 456 Å². The lowest BCUT2D eigenvalue weighted by atomic mass is 9.79. The number of carboxylic acid groups (broad SMARTS) is 1. The number of aromatic carboxylic acids is 1. The third-order valence-corrected chi connectivity index (χ3v) is 23.9. The normalized spacial score (nSPS) is 11.5. The summed E-state index contributed by atoms with van der Waals surface area (Å²) in [4.78, 5) is 10.5. The molecule has 0 heterocycles. The highest BCUT2D eigenvalue weighted by atomic mass is 16.4. The fourth-order valence-electron chi connectivity index (χ4n) is 17.1. The lowest BCUT2D eigenvalue weighted by molar-refractivity contribution is 0.0696. The Morgan fingerprint density at radius 2 is 0.537 bits per heavy atom. The van der Waals surface area contributed by atoms with Crippen molar-refractivity contribution < 1.29 is 9.90 Å². The summed E-state index contributed by atoms with van der Waals surface area (Å²) in [5, 5.41) is 38.4. The average Bonchev–Trinajstić information content (AvgIpc) is 0.740. The molecule has 6 heteroatoms. The summed E-state index contributed by atoms with van der Waals surface area (Å²) in [6.07, 6.45) is 18.3. The van der Waals surface area contributed by atoms with Crippen molar-refractivity contribution in [3.8, 4) is 0 Å². The van der Waals surface area contributed by atoms with Crippen LogP contribution in [-0.2, 0) is 12.8 Å². The van der Waals surface area contributed by atoms with Crippen molar-refractivity contribution in [2.45, 2.75) is 167 Å². The Labute approximate surface area is 811 Å². The second-order valence-electron chi connectivity index (χ2n) is 34.1. The Morgan fingerprint density at radius 3 is 0.816 bits per heavy atom. The maximum atomic E-state index is 10.5. The molecule has 22 rings (SSSR count). The first-order valence-electron chi connectivity index (χ1n) is 49.0. The van der Waals surface area contributed by atoms with E-state index in [0.29, 0.717) is 29.2 Å². The summed E-state index contributed by atoms with van der Waals surface area (Å²) < 4.78 is 0. The molecule has 0 unspecified atom stereocenters. The lowest BCUT2D eigenvalue weighted by Gasteiger charge is -2.25. The number of carbonyl (C=O) groups is 1. The zero-order chi connectivity index (χ0) is 96.7. The van der Waals surface area contributed by atoms with Crippen LogP contribution in [-0.4, -0.2) is 11.1 Å². The van der Waals surface area contributed by atoms with Gasteiger partial charge in [0, 0.05) is 67.0 Å². The number of benzene rings is 18. The van der Waals surface area contributed by atoms with Crippen molar-refractivity contribution in [2.75, 3.05) is 21.3 Å². The van der Waals surface area contributed by atoms with Gasteiger partial charge in [0.15, 0.2) is 0 Å². The third-order valence-electron chi connectivity index (χ3n) is 23.9. The van der Waals surface area contributed by atoms with Gasteiger partial charge in [-0.2, -0.15) is 0 Å². The van der Waals surface area contributed by atoms with E-state index in [1.165, 1.54) is 137 Å². The number of fused-ring (bicyclic) bond motifs is 4. The molecule has 136 heavy (non-hydrogen) atoms. The fraction of sp³-hybridized carbons (Fsp3) is 0.192. The Morgan fingerprint density at radius 1 is 0.265 bits per heavy atom. The fourth-order valence-corrected chi connectivity index (χ4v) is 17.1. The van der Waals surface area contributed by atoms with Crippen LogP contribution in [0, 0.1) is 6.92 Å². The molecule has 0 radical (unpaired) electrons. The minimum absolute atomic E-state index is 0.347.